The van der Waals surface area contributed by atoms with Crippen LogP contribution in [0.25, 0.3) is 0 Å². The van der Waals surface area contributed by atoms with Gasteiger partial charge in [0, 0.05) is 38.3 Å². The van der Waals surface area contributed by atoms with E-state index < -0.39 is 0 Å². The minimum Gasteiger partial charge on any atom is -0.330 e. The average Bonchev–Trinajstić information content (AvgIpc) is 2.75. The normalized spacial score (nSPS) is 16.5. The molecular weight excluding hydrogens is 622 g/mol. The number of hydrogen-bond acceptors (Lipinski definition) is 7. The molecule has 0 saturated carbocycles. The number of rotatable bonds is 8. The van der Waals surface area contributed by atoms with Crippen molar-refractivity contribution in [2.45, 2.75) is 44.2 Å². The Labute approximate surface area is 268 Å². The molecule has 228 valence electrons. The van der Waals surface area contributed by atoms with Gasteiger partial charge in [0.25, 0.3) is 0 Å². The number of hydrogen-bond donors (Lipinski definition) is 6. The monoisotopic (exact) mass is 671 g/mol. The van der Waals surface area contributed by atoms with Gasteiger partial charge in [-0.3, -0.25) is 4.90 Å². The van der Waals surface area contributed by atoms with E-state index in [2.05, 4.69) is 45.1 Å². The van der Waals surface area contributed by atoms with Crippen LogP contribution in [0.15, 0.2) is 24.3 Å². The Kier molecular flexibility index (Phi) is 43.2. The van der Waals surface area contributed by atoms with Gasteiger partial charge in [-0.1, -0.05) is 24.3 Å². The van der Waals surface area contributed by atoms with Gasteiger partial charge in [-0.15, -0.1) is 86.8 Å². The maximum Gasteiger partial charge on any atom is 0.0422 e. The molecule has 1 heterocycles. The predicted molar refractivity (Wildman–Crippen MR) is 178 cm³/mol. The lowest BCUT2D eigenvalue weighted by atomic mass is 9.83. The van der Waals surface area contributed by atoms with E-state index in [1.54, 1.807) is 0 Å². The van der Waals surface area contributed by atoms with E-state index in [0.29, 0.717) is 13.1 Å². The van der Waals surface area contributed by atoms with Crippen molar-refractivity contribution < 1.29 is 0 Å². The Morgan fingerprint density at radius 3 is 1.73 bits per heavy atom. The molecule has 1 atom stereocenters. The van der Waals surface area contributed by atoms with E-state index in [-0.39, 0.29) is 92.4 Å². The molecule has 1 aliphatic rings. The molecule has 0 amide bonds. The van der Waals surface area contributed by atoms with Gasteiger partial charge >= 0.3 is 0 Å². The van der Waals surface area contributed by atoms with Gasteiger partial charge in [-0.25, -0.2) is 0 Å². The number of nitrogens with zero attached hydrogens (tertiary/aromatic N) is 1. The Morgan fingerprint density at radius 2 is 1.19 bits per heavy atom. The summed E-state index contributed by atoms with van der Waals surface area (Å²) < 4.78 is 0. The van der Waals surface area contributed by atoms with Crippen molar-refractivity contribution in [3.63, 3.8) is 0 Å². The summed E-state index contributed by atoms with van der Waals surface area (Å²) >= 11 is 0. The number of benzene rings is 1. The van der Waals surface area contributed by atoms with E-state index in [1.807, 2.05) is 0 Å². The third-order valence-electron chi connectivity index (χ3n) is 5.97. The van der Waals surface area contributed by atoms with Gasteiger partial charge in [0.1, 0.15) is 0 Å². The quantitative estimate of drug-likeness (QED) is 0.251. The van der Waals surface area contributed by atoms with Crippen LogP contribution in [0.5, 0.6) is 0 Å². The molecule has 0 aliphatic carbocycles. The molecule has 0 radical (unpaired) electrons. The van der Waals surface area contributed by atoms with E-state index in [1.165, 1.54) is 24.0 Å². The Balaban J connectivity index is -0.000000343. The van der Waals surface area contributed by atoms with Crippen LogP contribution < -0.4 is 33.2 Å². The highest BCUT2D eigenvalue weighted by atomic mass is 35.5. The zero-order valence-corrected chi connectivity index (χ0v) is 27.4. The summed E-state index contributed by atoms with van der Waals surface area (Å²) in [6.45, 7) is 10.8. The molecule has 1 aliphatic heterocycles. The fraction of sp³-hybridized carbons (Fsp3) is 0.739. The third kappa shape index (κ3) is 21.4. The molecule has 1 aromatic rings. The highest BCUT2D eigenvalue weighted by Gasteiger charge is 2.25. The molecule has 7 nitrogen and oxygen atoms in total. The van der Waals surface area contributed by atoms with Crippen LogP contribution in [0.2, 0.25) is 0 Å². The lowest BCUT2D eigenvalue weighted by Crippen LogP contribution is -2.39. The number of halogens is 7. The molecule has 37 heavy (non-hydrogen) atoms. The second-order valence-corrected chi connectivity index (χ2v) is 8.52. The summed E-state index contributed by atoms with van der Waals surface area (Å²) in [6.07, 6.45) is 4.92. The fourth-order valence-electron chi connectivity index (χ4n) is 4.11. The molecule has 0 aromatic heterocycles. The van der Waals surface area contributed by atoms with Crippen molar-refractivity contribution in [1.82, 2.24) is 20.9 Å². The standard InChI is InChI=1S/C23H45N7.7ClH/c24-10-1-8-23(26,9-11-25)22-6-4-21(5-7-22)20-30-18-3-14-28-16-15-27-12-2-13-29-17-19-30;;;;;;;/h4-7,27-29H,1-3,8-20,24-26H2;7*1H. The molecular formula is C23H52Cl7N7. The topological polar surface area (TPSA) is 117 Å². The second-order valence-electron chi connectivity index (χ2n) is 8.52. The van der Waals surface area contributed by atoms with Crippen molar-refractivity contribution in [2.24, 2.45) is 17.2 Å². The van der Waals surface area contributed by atoms with Gasteiger partial charge in [0.05, 0.1) is 0 Å². The van der Waals surface area contributed by atoms with Crippen molar-refractivity contribution in [3.05, 3.63) is 35.4 Å². The number of nitrogens with two attached hydrogens (primary N) is 3. The summed E-state index contributed by atoms with van der Waals surface area (Å²) in [4.78, 5) is 2.55. The van der Waals surface area contributed by atoms with Gasteiger partial charge < -0.3 is 33.2 Å². The van der Waals surface area contributed by atoms with Crippen LogP contribution in [0, 0.1) is 0 Å². The molecule has 0 bridgehead atoms. The highest BCUT2D eigenvalue weighted by Crippen LogP contribution is 2.27. The molecule has 1 unspecified atom stereocenters. The van der Waals surface area contributed by atoms with Crippen LogP contribution >= 0.6 is 86.8 Å². The Morgan fingerprint density at radius 1 is 0.649 bits per heavy atom. The molecule has 9 N–H and O–H groups in total. The highest BCUT2D eigenvalue weighted by molar-refractivity contribution is 5.86. The first kappa shape index (κ1) is 50.8. The van der Waals surface area contributed by atoms with Crippen LogP contribution in [0.4, 0.5) is 0 Å². The molecule has 1 saturated heterocycles. The van der Waals surface area contributed by atoms with E-state index in [9.17, 15) is 0 Å². The lowest BCUT2D eigenvalue weighted by molar-refractivity contribution is 0.260. The predicted octanol–water partition coefficient (Wildman–Crippen LogP) is 3.25. The largest absolute Gasteiger partial charge is 0.330 e. The summed E-state index contributed by atoms with van der Waals surface area (Å²) in [5.74, 6) is 0. The lowest BCUT2D eigenvalue weighted by Gasteiger charge is -2.30. The molecule has 1 fully saturated rings. The first-order valence-electron chi connectivity index (χ1n) is 11.8. The van der Waals surface area contributed by atoms with Crippen LogP contribution in [-0.2, 0) is 12.1 Å². The molecule has 2 rings (SSSR count). The van der Waals surface area contributed by atoms with E-state index in [0.717, 1.165) is 78.2 Å². The summed E-state index contributed by atoms with van der Waals surface area (Å²) in [5, 5.41) is 10.6. The Hall–Kier alpha value is 0.970. The maximum atomic E-state index is 6.71. The molecule has 1 aromatic carbocycles. The van der Waals surface area contributed by atoms with Crippen LogP contribution in [0.3, 0.4) is 0 Å². The SMILES string of the molecule is Cl.Cl.Cl.Cl.Cl.Cl.Cl.NCCCC(N)(CCN)c1ccc(CN2CCCNCCNCCCNCC2)cc1. The van der Waals surface area contributed by atoms with Gasteiger partial charge in [-0.2, -0.15) is 0 Å². The first-order valence-corrected chi connectivity index (χ1v) is 11.8. The molecule has 14 heteroatoms. The third-order valence-corrected chi connectivity index (χ3v) is 5.97. The summed E-state index contributed by atoms with van der Waals surface area (Å²) in [6, 6.07) is 8.86. The zero-order chi connectivity index (χ0) is 21.5. The van der Waals surface area contributed by atoms with Crippen molar-refractivity contribution >= 4 is 86.8 Å². The van der Waals surface area contributed by atoms with Gasteiger partial charge in [0.15, 0.2) is 0 Å². The summed E-state index contributed by atoms with van der Waals surface area (Å²) in [7, 11) is 0. The minimum atomic E-state index is -0.373. The minimum absolute atomic E-state index is 0. The van der Waals surface area contributed by atoms with E-state index >= 15 is 0 Å². The van der Waals surface area contributed by atoms with Gasteiger partial charge in [-0.05, 0) is 82.5 Å². The average molecular weight is 675 g/mol. The maximum absolute atomic E-state index is 6.71. The van der Waals surface area contributed by atoms with Crippen LogP contribution in [-0.4, -0.2) is 70.3 Å². The second kappa shape index (κ2) is 31.5. The van der Waals surface area contributed by atoms with Crippen molar-refractivity contribution in [1.29, 1.82) is 0 Å². The van der Waals surface area contributed by atoms with Gasteiger partial charge in [0.2, 0.25) is 0 Å². The fourth-order valence-corrected chi connectivity index (χ4v) is 4.11. The van der Waals surface area contributed by atoms with Crippen molar-refractivity contribution in [3.8, 4) is 0 Å². The smallest absolute Gasteiger partial charge is 0.0422 e. The Bertz CT molecular complexity index is 563. The zero-order valence-electron chi connectivity index (χ0n) is 21.7. The van der Waals surface area contributed by atoms with Crippen molar-refractivity contribution in [2.75, 3.05) is 65.4 Å². The summed E-state index contributed by atoms with van der Waals surface area (Å²) in [5.41, 5.74) is 20.4. The van der Waals surface area contributed by atoms with E-state index in [4.69, 9.17) is 17.2 Å². The first-order chi connectivity index (χ1) is 14.7. The molecule has 0 spiro atoms. The van der Waals surface area contributed by atoms with Crippen LogP contribution in [0.1, 0.15) is 43.2 Å². The number of nitrogens with one attached hydrogen (secondary N) is 3.